The Kier molecular flexibility index (Phi) is 7.74. The van der Waals surface area contributed by atoms with Crippen molar-refractivity contribution in [2.24, 2.45) is 0 Å². The van der Waals surface area contributed by atoms with Crippen LogP contribution in [0.1, 0.15) is 5.56 Å². The summed E-state index contributed by atoms with van der Waals surface area (Å²) in [4.78, 5) is 6.88. The normalized spacial score (nSPS) is 14.1. The molecule has 4 aromatic rings. The summed E-state index contributed by atoms with van der Waals surface area (Å²) in [5.74, 6) is 0. The van der Waals surface area contributed by atoms with E-state index < -0.39 is 0 Å². The number of nitrogens with zero attached hydrogens (tertiary/aromatic N) is 2. The van der Waals surface area contributed by atoms with Crippen molar-refractivity contribution in [1.82, 2.24) is 9.88 Å². The summed E-state index contributed by atoms with van der Waals surface area (Å²) in [7, 11) is 0. The highest BCUT2D eigenvalue weighted by molar-refractivity contribution is 6.31. The van der Waals surface area contributed by atoms with Gasteiger partial charge in [0.05, 0.1) is 18.7 Å². The lowest BCUT2D eigenvalue weighted by molar-refractivity contribution is 0.0342. The summed E-state index contributed by atoms with van der Waals surface area (Å²) in [5, 5.41) is 6.02. The van der Waals surface area contributed by atoms with Crippen LogP contribution in [0.25, 0.3) is 22.0 Å². The molecular formula is C26H24Cl3N3O. The molecule has 0 radical (unpaired) electrons. The van der Waals surface area contributed by atoms with Gasteiger partial charge < -0.3 is 10.1 Å². The van der Waals surface area contributed by atoms with Gasteiger partial charge in [-0.3, -0.25) is 9.88 Å². The molecule has 0 unspecified atom stereocenters. The molecule has 0 saturated carbocycles. The number of hydrogen-bond acceptors (Lipinski definition) is 4. The molecule has 4 nitrogen and oxygen atoms in total. The second kappa shape index (κ2) is 10.7. The number of morpholine rings is 1. The van der Waals surface area contributed by atoms with Gasteiger partial charge in [0, 0.05) is 52.6 Å². The highest BCUT2D eigenvalue weighted by atomic mass is 35.5. The van der Waals surface area contributed by atoms with E-state index in [9.17, 15) is 0 Å². The van der Waals surface area contributed by atoms with Crippen LogP contribution in [-0.4, -0.2) is 36.2 Å². The third-order valence-electron chi connectivity index (χ3n) is 5.75. The molecular weight excluding hydrogens is 477 g/mol. The number of rotatable bonds is 5. The minimum absolute atomic E-state index is 0. The number of pyridine rings is 1. The van der Waals surface area contributed by atoms with Crippen LogP contribution in [0, 0.1) is 0 Å². The molecule has 1 aromatic heterocycles. The fourth-order valence-electron chi connectivity index (χ4n) is 4.08. The third kappa shape index (κ3) is 5.60. The van der Waals surface area contributed by atoms with E-state index in [-0.39, 0.29) is 12.4 Å². The Bertz CT molecular complexity index is 1240. The van der Waals surface area contributed by atoms with Crippen LogP contribution < -0.4 is 5.32 Å². The van der Waals surface area contributed by atoms with E-state index in [1.165, 1.54) is 11.1 Å². The lowest BCUT2D eigenvalue weighted by atomic mass is 9.98. The van der Waals surface area contributed by atoms with Crippen LogP contribution in [0.2, 0.25) is 10.0 Å². The van der Waals surface area contributed by atoms with Crippen molar-refractivity contribution >= 4 is 57.9 Å². The van der Waals surface area contributed by atoms with Crippen LogP contribution in [-0.2, 0) is 11.3 Å². The summed E-state index contributed by atoms with van der Waals surface area (Å²) < 4.78 is 5.51. The van der Waals surface area contributed by atoms with Crippen LogP contribution in [0.4, 0.5) is 11.4 Å². The lowest BCUT2D eigenvalue weighted by Gasteiger charge is -2.27. The SMILES string of the molecule is Cl.Clc1ccc(-c2cc(Nc3ccnc4cc(Cl)ccc34)ccc2CN2CCOCC2)cc1. The molecule has 33 heavy (non-hydrogen) atoms. The van der Waals surface area contributed by atoms with Crippen molar-refractivity contribution in [2.75, 3.05) is 31.6 Å². The van der Waals surface area contributed by atoms with Gasteiger partial charge in [-0.05, 0) is 65.2 Å². The predicted molar refractivity (Wildman–Crippen MR) is 140 cm³/mol. The van der Waals surface area contributed by atoms with Gasteiger partial charge in [0.2, 0.25) is 0 Å². The number of benzene rings is 3. The molecule has 1 aliphatic rings. The summed E-state index contributed by atoms with van der Waals surface area (Å²) in [6.45, 7) is 4.36. The van der Waals surface area contributed by atoms with Crippen LogP contribution in [0.15, 0.2) is 72.9 Å². The van der Waals surface area contributed by atoms with Crippen molar-refractivity contribution in [2.45, 2.75) is 6.54 Å². The van der Waals surface area contributed by atoms with Gasteiger partial charge in [-0.15, -0.1) is 12.4 Å². The smallest absolute Gasteiger partial charge is 0.0737 e. The molecule has 170 valence electrons. The molecule has 1 saturated heterocycles. The van der Waals surface area contributed by atoms with Crippen LogP contribution in [0.3, 0.4) is 0 Å². The summed E-state index contributed by atoms with van der Waals surface area (Å²) >= 11 is 12.3. The van der Waals surface area contributed by atoms with Crippen LogP contribution in [0.5, 0.6) is 0 Å². The minimum atomic E-state index is 0. The molecule has 0 aliphatic carbocycles. The number of fused-ring (bicyclic) bond motifs is 1. The number of halogens is 3. The summed E-state index contributed by atoms with van der Waals surface area (Å²) in [5.41, 5.74) is 6.50. The molecule has 2 heterocycles. The number of nitrogens with one attached hydrogen (secondary N) is 1. The van der Waals surface area contributed by atoms with Gasteiger partial charge in [0.15, 0.2) is 0 Å². The zero-order chi connectivity index (χ0) is 21.9. The first-order valence-corrected chi connectivity index (χ1v) is 11.4. The Labute approximate surface area is 209 Å². The lowest BCUT2D eigenvalue weighted by Crippen LogP contribution is -2.35. The maximum Gasteiger partial charge on any atom is 0.0737 e. The maximum atomic E-state index is 6.15. The first-order valence-electron chi connectivity index (χ1n) is 10.7. The van der Waals surface area contributed by atoms with E-state index in [1.807, 2.05) is 36.4 Å². The number of aromatic nitrogens is 1. The standard InChI is InChI=1S/C26H23Cl2N3O.ClH/c27-20-4-1-18(2-5-20)24-16-22(7-3-19(24)17-31-11-13-32-14-12-31)30-25-9-10-29-26-15-21(28)6-8-23(25)26;/h1-10,15-16H,11-14,17H2,(H,29,30);1H. The van der Waals surface area contributed by atoms with Gasteiger partial charge in [-0.1, -0.05) is 41.4 Å². The van der Waals surface area contributed by atoms with Gasteiger partial charge >= 0.3 is 0 Å². The summed E-state index contributed by atoms with van der Waals surface area (Å²) in [6.07, 6.45) is 1.80. The van der Waals surface area contributed by atoms with Gasteiger partial charge in [-0.2, -0.15) is 0 Å². The van der Waals surface area contributed by atoms with E-state index >= 15 is 0 Å². The average Bonchev–Trinajstić information content (AvgIpc) is 2.81. The van der Waals surface area contributed by atoms with Crippen molar-refractivity contribution in [3.05, 3.63) is 88.5 Å². The Hall–Kier alpha value is -2.34. The third-order valence-corrected chi connectivity index (χ3v) is 6.23. The van der Waals surface area contributed by atoms with Crippen molar-refractivity contribution in [1.29, 1.82) is 0 Å². The second-order valence-corrected chi connectivity index (χ2v) is 8.79. The Morgan fingerprint density at radius 3 is 2.42 bits per heavy atom. The molecule has 0 amide bonds. The zero-order valence-electron chi connectivity index (χ0n) is 17.9. The number of anilines is 2. The molecule has 0 atom stereocenters. The Balaban J connectivity index is 0.00000259. The largest absolute Gasteiger partial charge is 0.379 e. The van der Waals surface area contributed by atoms with Crippen molar-refractivity contribution in [3.63, 3.8) is 0 Å². The van der Waals surface area contributed by atoms with E-state index in [0.717, 1.165) is 65.7 Å². The predicted octanol–water partition coefficient (Wildman–Crippen LogP) is 7.21. The van der Waals surface area contributed by atoms with E-state index in [4.69, 9.17) is 27.9 Å². The monoisotopic (exact) mass is 499 g/mol. The van der Waals surface area contributed by atoms with E-state index in [1.54, 1.807) is 6.20 Å². The van der Waals surface area contributed by atoms with Crippen molar-refractivity contribution in [3.8, 4) is 11.1 Å². The molecule has 3 aromatic carbocycles. The zero-order valence-corrected chi connectivity index (χ0v) is 20.3. The molecule has 5 rings (SSSR count). The quantitative estimate of drug-likeness (QED) is 0.314. The Morgan fingerprint density at radius 2 is 1.64 bits per heavy atom. The van der Waals surface area contributed by atoms with Gasteiger partial charge in [-0.25, -0.2) is 0 Å². The fraction of sp³-hybridized carbons (Fsp3) is 0.192. The molecule has 1 fully saturated rings. The highest BCUT2D eigenvalue weighted by Crippen LogP contribution is 2.32. The maximum absolute atomic E-state index is 6.15. The number of ether oxygens (including phenoxy) is 1. The molecule has 7 heteroatoms. The van der Waals surface area contributed by atoms with Crippen molar-refractivity contribution < 1.29 is 4.74 Å². The van der Waals surface area contributed by atoms with E-state index in [2.05, 4.69) is 45.5 Å². The topological polar surface area (TPSA) is 37.4 Å². The molecule has 0 spiro atoms. The first kappa shape index (κ1) is 23.8. The second-order valence-electron chi connectivity index (χ2n) is 7.91. The number of hydrogen-bond donors (Lipinski definition) is 1. The average molecular weight is 501 g/mol. The fourth-order valence-corrected chi connectivity index (χ4v) is 4.37. The Morgan fingerprint density at radius 1 is 0.879 bits per heavy atom. The van der Waals surface area contributed by atoms with Gasteiger partial charge in [0.25, 0.3) is 0 Å². The highest BCUT2D eigenvalue weighted by Gasteiger charge is 2.15. The molecule has 1 N–H and O–H groups in total. The minimum Gasteiger partial charge on any atom is -0.379 e. The molecule has 1 aliphatic heterocycles. The van der Waals surface area contributed by atoms with Crippen LogP contribution >= 0.6 is 35.6 Å². The first-order chi connectivity index (χ1) is 15.7. The van der Waals surface area contributed by atoms with Gasteiger partial charge in [0.1, 0.15) is 0 Å². The summed E-state index contributed by atoms with van der Waals surface area (Å²) in [6, 6.07) is 22.3. The van der Waals surface area contributed by atoms with E-state index in [0.29, 0.717) is 5.02 Å². The molecule has 0 bridgehead atoms.